The van der Waals surface area contributed by atoms with Crippen molar-refractivity contribution in [3.63, 3.8) is 0 Å². The molecule has 2 N–H and O–H groups in total. The van der Waals surface area contributed by atoms with E-state index in [9.17, 15) is 0 Å². The Morgan fingerprint density at radius 2 is 2.10 bits per heavy atom. The van der Waals surface area contributed by atoms with Crippen LogP contribution < -0.4 is 15.4 Å². The minimum absolute atomic E-state index is 0.475. The summed E-state index contributed by atoms with van der Waals surface area (Å²) in [7, 11) is 1.97. The van der Waals surface area contributed by atoms with Gasteiger partial charge in [0.05, 0.1) is 12.3 Å². The second-order valence-electron chi connectivity index (χ2n) is 4.48. The van der Waals surface area contributed by atoms with E-state index in [1.165, 1.54) is 0 Å². The molecule has 0 aliphatic heterocycles. The third kappa shape index (κ3) is 3.54. The molecule has 0 bridgehead atoms. The van der Waals surface area contributed by atoms with Crippen molar-refractivity contribution >= 4 is 23.1 Å². The molecule has 0 atom stereocenters. The predicted octanol–water partition coefficient (Wildman–Crippen LogP) is 3.35. The summed E-state index contributed by atoms with van der Waals surface area (Å²) >= 11 is 5.99. The average Bonchev–Trinajstić information content (AvgIpc) is 2.41. The van der Waals surface area contributed by atoms with Gasteiger partial charge in [-0.3, -0.25) is 0 Å². The van der Waals surface area contributed by atoms with E-state index in [-0.39, 0.29) is 0 Å². The van der Waals surface area contributed by atoms with Gasteiger partial charge < -0.3 is 15.4 Å². The summed E-state index contributed by atoms with van der Waals surface area (Å²) in [5.41, 5.74) is 7.49. The first kappa shape index (κ1) is 14.5. The number of nitrogen functional groups attached to an aromatic ring is 1. The number of hydrogen-bond acceptors (Lipinski definition) is 4. The van der Waals surface area contributed by atoms with Gasteiger partial charge in [-0.05, 0) is 36.8 Å². The SMILES string of the molecule is CCOc1nc(N(C)Cc2cccc(Cl)c2)ccc1N. The third-order valence-corrected chi connectivity index (χ3v) is 3.09. The Kier molecular flexibility index (Phi) is 4.69. The van der Waals surface area contributed by atoms with Gasteiger partial charge in [-0.1, -0.05) is 23.7 Å². The fourth-order valence-corrected chi connectivity index (χ4v) is 2.11. The average molecular weight is 292 g/mol. The summed E-state index contributed by atoms with van der Waals surface area (Å²) < 4.78 is 5.41. The highest BCUT2D eigenvalue weighted by Crippen LogP contribution is 2.23. The number of nitrogens with two attached hydrogens (primary N) is 1. The Morgan fingerprint density at radius 3 is 2.80 bits per heavy atom. The number of aromatic nitrogens is 1. The normalized spacial score (nSPS) is 10.3. The summed E-state index contributed by atoms with van der Waals surface area (Å²) in [4.78, 5) is 6.45. The Morgan fingerprint density at radius 1 is 1.30 bits per heavy atom. The van der Waals surface area contributed by atoms with Crippen LogP contribution >= 0.6 is 11.6 Å². The van der Waals surface area contributed by atoms with Gasteiger partial charge in [0.15, 0.2) is 0 Å². The fourth-order valence-electron chi connectivity index (χ4n) is 1.90. The molecule has 0 saturated heterocycles. The van der Waals surface area contributed by atoms with Crippen LogP contribution in [0.15, 0.2) is 36.4 Å². The predicted molar refractivity (Wildman–Crippen MR) is 83.4 cm³/mol. The maximum absolute atomic E-state index is 5.99. The first-order valence-electron chi connectivity index (χ1n) is 6.45. The van der Waals surface area contributed by atoms with Crippen LogP contribution in [0.2, 0.25) is 5.02 Å². The molecule has 0 aliphatic carbocycles. The minimum Gasteiger partial charge on any atom is -0.476 e. The topological polar surface area (TPSA) is 51.4 Å². The first-order chi connectivity index (χ1) is 9.60. The van der Waals surface area contributed by atoms with Crippen LogP contribution in [0.4, 0.5) is 11.5 Å². The molecule has 0 saturated carbocycles. The molecular weight excluding hydrogens is 274 g/mol. The van der Waals surface area contributed by atoms with E-state index in [0.29, 0.717) is 24.7 Å². The molecule has 5 heteroatoms. The molecule has 0 unspecified atom stereocenters. The van der Waals surface area contributed by atoms with Crippen molar-refractivity contribution < 1.29 is 4.74 Å². The largest absolute Gasteiger partial charge is 0.476 e. The van der Waals surface area contributed by atoms with Crippen molar-refractivity contribution in [3.05, 3.63) is 47.0 Å². The number of halogens is 1. The van der Waals surface area contributed by atoms with E-state index in [2.05, 4.69) is 4.98 Å². The van der Waals surface area contributed by atoms with E-state index in [0.717, 1.165) is 16.4 Å². The van der Waals surface area contributed by atoms with E-state index in [1.807, 2.05) is 55.3 Å². The summed E-state index contributed by atoms with van der Waals surface area (Å²) in [6, 6.07) is 11.5. The number of ether oxygens (including phenoxy) is 1. The van der Waals surface area contributed by atoms with Gasteiger partial charge in [0.2, 0.25) is 5.88 Å². The summed E-state index contributed by atoms with van der Waals surface area (Å²) in [5, 5.41) is 0.733. The third-order valence-electron chi connectivity index (χ3n) is 2.86. The Labute approximate surface area is 124 Å². The van der Waals surface area contributed by atoms with Gasteiger partial charge >= 0.3 is 0 Å². The van der Waals surface area contributed by atoms with Crippen LogP contribution in [0.1, 0.15) is 12.5 Å². The molecule has 2 rings (SSSR count). The van der Waals surface area contributed by atoms with Crippen LogP contribution in [-0.2, 0) is 6.54 Å². The van der Waals surface area contributed by atoms with Gasteiger partial charge in [0, 0.05) is 18.6 Å². The zero-order valence-corrected chi connectivity index (χ0v) is 12.4. The molecule has 1 aromatic heterocycles. The Bertz CT molecular complexity index is 589. The van der Waals surface area contributed by atoms with Crippen LogP contribution in [0.5, 0.6) is 5.88 Å². The molecule has 2 aromatic rings. The van der Waals surface area contributed by atoms with Gasteiger partial charge in [-0.25, -0.2) is 0 Å². The van der Waals surface area contributed by atoms with Crippen molar-refractivity contribution in [2.24, 2.45) is 0 Å². The Hall–Kier alpha value is -1.94. The highest BCUT2D eigenvalue weighted by Gasteiger charge is 2.08. The van der Waals surface area contributed by atoms with Crippen LogP contribution in [0, 0.1) is 0 Å². The number of nitrogens with zero attached hydrogens (tertiary/aromatic N) is 2. The van der Waals surface area contributed by atoms with Gasteiger partial charge in [0.1, 0.15) is 5.82 Å². The maximum atomic E-state index is 5.99. The smallest absolute Gasteiger partial charge is 0.239 e. The van der Waals surface area contributed by atoms with Gasteiger partial charge in [0.25, 0.3) is 0 Å². The molecule has 106 valence electrons. The number of anilines is 2. The molecular formula is C15H18ClN3O. The van der Waals surface area contributed by atoms with E-state index in [4.69, 9.17) is 22.1 Å². The summed E-state index contributed by atoms with van der Waals surface area (Å²) in [6.07, 6.45) is 0. The van der Waals surface area contributed by atoms with Crippen LogP contribution in [-0.4, -0.2) is 18.6 Å². The standard InChI is InChI=1S/C15H18ClN3O/c1-3-20-15-13(17)7-8-14(18-15)19(2)10-11-5-4-6-12(16)9-11/h4-9H,3,10,17H2,1-2H3. The van der Waals surface area contributed by atoms with E-state index in [1.54, 1.807) is 0 Å². The van der Waals surface area contributed by atoms with Crippen molar-refractivity contribution in [1.82, 2.24) is 4.98 Å². The quantitative estimate of drug-likeness (QED) is 0.918. The molecule has 0 fully saturated rings. The molecule has 0 aliphatic rings. The highest BCUT2D eigenvalue weighted by atomic mass is 35.5. The lowest BCUT2D eigenvalue weighted by Gasteiger charge is -2.19. The zero-order valence-electron chi connectivity index (χ0n) is 11.6. The van der Waals surface area contributed by atoms with Gasteiger partial charge in [-0.15, -0.1) is 0 Å². The van der Waals surface area contributed by atoms with Crippen molar-refractivity contribution in [2.45, 2.75) is 13.5 Å². The van der Waals surface area contributed by atoms with Gasteiger partial charge in [-0.2, -0.15) is 4.98 Å². The number of benzene rings is 1. The monoisotopic (exact) mass is 291 g/mol. The van der Waals surface area contributed by atoms with E-state index >= 15 is 0 Å². The molecule has 1 heterocycles. The Balaban J connectivity index is 2.16. The second kappa shape index (κ2) is 6.48. The zero-order chi connectivity index (χ0) is 14.5. The molecule has 0 spiro atoms. The lowest BCUT2D eigenvalue weighted by molar-refractivity contribution is 0.329. The molecule has 0 amide bonds. The fraction of sp³-hybridized carbons (Fsp3) is 0.267. The van der Waals surface area contributed by atoms with Crippen molar-refractivity contribution in [1.29, 1.82) is 0 Å². The highest BCUT2D eigenvalue weighted by molar-refractivity contribution is 6.30. The molecule has 0 radical (unpaired) electrons. The number of hydrogen-bond donors (Lipinski definition) is 1. The van der Waals surface area contributed by atoms with Crippen LogP contribution in [0.3, 0.4) is 0 Å². The first-order valence-corrected chi connectivity index (χ1v) is 6.83. The second-order valence-corrected chi connectivity index (χ2v) is 4.92. The maximum Gasteiger partial charge on any atom is 0.239 e. The van der Waals surface area contributed by atoms with Crippen molar-refractivity contribution in [3.8, 4) is 5.88 Å². The lowest BCUT2D eigenvalue weighted by Crippen LogP contribution is -2.18. The summed E-state index contributed by atoms with van der Waals surface area (Å²) in [5.74, 6) is 1.28. The molecule has 1 aromatic carbocycles. The molecule has 20 heavy (non-hydrogen) atoms. The van der Waals surface area contributed by atoms with Crippen LogP contribution in [0.25, 0.3) is 0 Å². The molecule has 4 nitrogen and oxygen atoms in total. The lowest BCUT2D eigenvalue weighted by atomic mass is 10.2. The minimum atomic E-state index is 0.475. The van der Waals surface area contributed by atoms with E-state index < -0.39 is 0 Å². The number of pyridine rings is 1. The van der Waals surface area contributed by atoms with Crippen molar-refractivity contribution in [2.75, 3.05) is 24.3 Å². The summed E-state index contributed by atoms with van der Waals surface area (Å²) in [6.45, 7) is 3.16. The number of rotatable bonds is 5.